The molecule has 0 bridgehead atoms. The van der Waals surface area contributed by atoms with Crippen molar-refractivity contribution in [3.63, 3.8) is 0 Å². The van der Waals surface area contributed by atoms with Gasteiger partial charge in [0.15, 0.2) is 4.34 Å². The first-order chi connectivity index (χ1) is 16.0. The minimum Gasteiger partial charge on any atom is -0.352 e. The average molecular weight is 485 g/mol. The number of hydrogen-bond donors (Lipinski definition) is 2. The zero-order chi connectivity index (χ0) is 23.2. The molecule has 2 aromatic carbocycles. The van der Waals surface area contributed by atoms with E-state index in [0.717, 1.165) is 26.2 Å². The number of anilines is 1. The van der Waals surface area contributed by atoms with Crippen LogP contribution in [0.25, 0.3) is 0 Å². The van der Waals surface area contributed by atoms with Gasteiger partial charge < -0.3 is 15.5 Å². The fourth-order valence-electron chi connectivity index (χ4n) is 3.57. The molecule has 1 aliphatic rings. The highest BCUT2D eigenvalue weighted by atomic mass is 32.2. The number of urea groups is 1. The third-order valence-corrected chi connectivity index (χ3v) is 7.51. The lowest BCUT2D eigenvalue weighted by Gasteiger charge is -2.31. The second-order valence-electron chi connectivity index (χ2n) is 7.92. The summed E-state index contributed by atoms with van der Waals surface area (Å²) < 4.78 is 14.0. The Kier molecular flexibility index (Phi) is 7.61. The van der Waals surface area contributed by atoms with Gasteiger partial charge in [-0.1, -0.05) is 23.9 Å². The summed E-state index contributed by atoms with van der Waals surface area (Å²) in [6.45, 7) is 3.40. The average Bonchev–Trinajstić information content (AvgIpc) is 3.24. The van der Waals surface area contributed by atoms with E-state index < -0.39 is 0 Å². The molecule has 1 saturated heterocycles. The number of thiazole rings is 1. The first-order valence-electron chi connectivity index (χ1n) is 10.7. The molecule has 0 radical (unpaired) electrons. The van der Waals surface area contributed by atoms with Crippen LogP contribution in [0.5, 0.6) is 0 Å². The monoisotopic (exact) mass is 484 g/mol. The molecule has 0 spiro atoms. The normalized spacial score (nSPS) is 14.2. The molecule has 2 heterocycles. The van der Waals surface area contributed by atoms with Gasteiger partial charge in [0.05, 0.1) is 0 Å². The van der Waals surface area contributed by atoms with Crippen molar-refractivity contribution in [1.82, 2.24) is 15.2 Å². The van der Waals surface area contributed by atoms with Gasteiger partial charge in [0.2, 0.25) is 5.91 Å². The number of amides is 3. The molecule has 0 atom stereocenters. The maximum atomic E-state index is 13.0. The predicted octanol–water partition coefficient (Wildman–Crippen LogP) is 5.30. The van der Waals surface area contributed by atoms with Crippen molar-refractivity contribution in [1.29, 1.82) is 0 Å². The lowest BCUT2D eigenvalue weighted by molar-refractivity contribution is -0.126. The maximum absolute atomic E-state index is 13.0. The summed E-state index contributed by atoms with van der Waals surface area (Å²) >= 11 is 3.22. The van der Waals surface area contributed by atoms with Crippen LogP contribution in [0.2, 0.25) is 0 Å². The number of nitrogens with zero attached hydrogens (tertiary/aromatic N) is 2. The summed E-state index contributed by atoms with van der Waals surface area (Å²) in [5, 5.41) is 7.87. The third kappa shape index (κ3) is 6.55. The molecule has 1 aromatic heterocycles. The minimum atomic E-state index is -0.295. The Bertz CT molecular complexity index is 1090. The number of carbonyl (C=O) groups excluding carboxylic acids is 2. The minimum absolute atomic E-state index is 0.0251. The van der Waals surface area contributed by atoms with Crippen molar-refractivity contribution < 1.29 is 14.0 Å². The fraction of sp³-hybridized carbons (Fsp3) is 0.292. The molecule has 4 rings (SSSR count). The molecule has 0 saturated carbocycles. The van der Waals surface area contributed by atoms with E-state index in [1.165, 1.54) is 12.1 Å². The van der Waals surface area contributed by atoms with Gasteiger partial charge in [0, 0.05) is 47.2 Å². The van der Waals surface area contributed by atoms with Gasteiger partial charge in [0.25, 0.3) is 0 Å². The zero-order valence-electron chi connectivity index (χ0n) is 18.2. The van der Waals surface area contributed by atoms with E-state index in [4.69, 9.17) is 0 Å². The first kappa shape index (κ1) is 23.3. The summed E-state index contributed by atoms with van der Waals surface area (Å²) in [5.41, 5.74) is 2.60. The predicted molar refractivity (Wildman–Crippen MR) is 129 cm³/mol. The Morgan fingerprint density at radius 1 is 1.12 bits per heavy atom. The van der Waals surface area contributed by atoms with Crippen molar-refractivity contribution in [2.75, 3.05) is 18.4 Å². The Labute approximate surface area is 200 Å². The molecule has 1 aliphatic heterocycles. The number of aryl methyl sites for hydroxylation is 1. The molecule has 1 fully saturated rings. The molecule has 33 heavy (non-hydrogen) atoms. The van der Waals surface area contributed by atoms with Gasteiger partial charge in [-0.25, -0.2) is 14.2 Å². The maximum Gasteiger partial charge on any atom is 0.321 e. The fourth-order valence-corrected chi connectivity index (χ4v) is 5.38. The molecule has 3 amide bonds. The van der Waals surface area contributed by atoms with Crippen LogP contribution < -0.4 is 10.6 Å². The zero-order valence-corrected chi connectivity index (χ0v) is 19.8. The molecule has 0 unspecified atom stereocenters. The van der Waals surface area contributed by atoms with E-state index >= 15 is 0 Å². The number of nitrogens with one attached hydrogen (secondary N) is 2. The van der Waals surface area contributed by atoms with Gasteiger partial charge in [-0.15, -0.1) is 11.3 Å². The summed E-state index contributed by atoms with van der Waals surface area (Å²) in [6.07, 6.45) is 1.23. The molecule has 2 N–H and O–H groups in total. The highest BCUT2D eigenvalue weighted by Gasteiger charge is 2.27. The van der Waals surface area contributed by atoms with Gasteiger partial charge in [-0.05, 0) is 61.7 Å². The van der Waals surface area contributed by atoms with E-state index in [0.29, 0.717) is 32.5 Å². The number of rotatable bonds is 6. The van der Waals surface area contributed by atoms with Crippen LogP contribution in [0, 0.1) is 18.7 Å². The number of likely N-dealkylation sites (tertiary alicyclic amines) is 1. The van der Waals surface area contributed by atoms with Gasteiger partial charge in [-0.2, -0.15) is 0 Å². The van der Waals surface area contributed by atoms with Crippen LogP contribution in [0.1, 0.15) is 24.1 Å². The van der Waals surface area contributed by atoms with Crippen LogP contribution in [0.15, 0.2) is 63.1 Å². The summed E-state index contributed by atoms with van der Waals surface area (Å²) in [5.74, 6) is -0.445. The quantitative estimate of drug-likeness (QED) is 0.498. The van der Waals surface area contributed by atoms with Crippen molar-refractivity contribution in [3.05, 3.63) is 71.0 Å². The summed E-state index contributed by atoms with van der Waals surface area (Å²) in [6, 6.07) is 13.6. The number of halogens is 1. The Morgan fingerprint density at radius 3 is 2.45 bits per heavy atom. The van der Waals surface area contributed by atoms with Crippen LogP contribution in [-0.4, -0.2) is 34.9 Å². The van der Waals surface area contributed by atoms with Crippen molar-refractivity contribution in [2.45, 2.75) is 35.5 Å². The second-order valence-corrected chi connectivity index (χ2v) is 10.1. The number of piperidine rings is 1. The first-order valence-corrected chi connectivity index (χ1v) is 12.4. The summed E-state index contributed by atoms with van der Waals surface area (Å²) in [7, 11) is 0. The molecular formula is C24H25FN4O2S2. The number of carbonyl (C=O) groups is 2. The molecule has 0 aliphatic carbocycles. The van der Waals surface area contributed by atoms with Crippen LogP contribution in [0.4, 0.5) is 14.9 Å². The van der Waals surface area contributed by atoms with E-state index in [1.807, 2.05) is 36.6 Å². The lowest BCUT2D eigenvalue weighted by Crippen LogP contribution is -2.44. The standard InChI is InChI=1S/C24H25FN4O2S2/c1-16-15-32-24(27-16)33-21-8-6-20(7-9-21)28-23(31)29-12-10-18(11-13-29)22(30)26-14-17-2-4-19(25)5-3-17/h2-9,15,18H,10-14H2,1H3,(H,26,30)(H,28,31). The number of aromatic nitrogens is 1. The van der Waals surface area contributed by atoms with E-state index in [9.17, 15) is 14.0 Å². The molecule has 172 valence electrons. The van der Waals surface area contributed by atoms with Crippen LogP contribution in [-0.2, 0) is 11.3 Å². The molecule has 9 heteroatoms. The van der Waals surface area contributed by atoms with Crippen molar-refractivity contribution >= 4 is 40.7 Å². The van der Waals surface area contributed by atoms with E-state index in [1.54, 1.807) is 40.1 Å². The van der Waals surface area contributed by atoms with Gasteiger partial charge in [0.1, 0.15) is 5.82 Å². The van der Waals surface area contributed by atoms with Gasteiger partial charge >= 0.3 is 6.03 Å². The Hall–Kier alpha value is -2.91. The number of hydrogen-bond acceptors (Lipinski definition) is 5. The van der Waals surface area contributed by atoms with Crippen LogP contribution >= 0.6 is 23.1 Å². The Morgan fingerprint density at radius 2 is 1.82 bits per heavy atom. The van der Waals surface area contributed by atoms with E-state index in [2.05, 4.69) is 15.6 Å². The molecule has 6 nitrogen and oxygen atoms in total. The molecule has 3 aromatic rings. The SMILES string of the molecule is Cc1csc(Sc2ccc(NC(=O)N3CCC(C(=O)NCc4ccc(F)cc4)CC3)cc2)n1. The molecular weight excluding hydrogens is 459 g/mol. The third-order valence-electron chi connectivity index (χ3n) is 5.44. The summed E-state index contributed by atoms with van der Waals surface area (Å²) in [4.78, 5) is 32.3. The van der Waals surface area contributed by atoms with E-state index in [-0.39, 0.29) is 23.7 Å². The largest absolute Gasteiger partial charge is 0.352 e. The lowest BCUT2D eigenvalue weighted by atomic mass is 9.96. The van der Waals surface area contributed by atoms with Crippen molar-refractivity contribution in [2.24, 2.45) is 5.92 Å². The number of benzene rings is 2. The van der Waals surface area contributed by atoms with Crippen LogP contribution in [0.3, 0.4) is 0 Å². The topological polar surface area (TPSA) is 74.3 Å². The highest BCUT2D eigenvalue weighted by molar-refractivity contribution is 8.01. The Balaban J connectivity index is 1.21. The van der Waals surface area contributed by atoms with Gasteiger partial charge in [-0.3, -0.25) is 4.79 Å². The highest BCUT2D eigenvalue weighted by Crippen LogP contribution is 2.31. The second kappa shape index (κ2) is 10.8. The van der Waals surface area contributed by atoms with Crippen molar-refractivity contribution in [3.8, 4) is 0 Å². The smallest absolute Gasteiger partial charge is 0.321 e.